The molecule has 1 aromatic carbocycles. The molecule has 88 valence electrons. The van der Waals surface area contributed by atoms with Crippen molar-refractivity contribution in [1.29, 1.82) is 0 Å². The van der Waals surface area contributed by atoms with Gasteiger partial charge in [-0.2, -0.15) is 0 Å². The predicted octanol–water partition coefficient (Wildman–Crippen LogP) is 3.70. The Labute approximate surface area is 99.8 Å². The summed E-state index contributed by atoms with van der Waals surface area (Å²) < 4.78 is 0. The van der Waals surface area contributed by atoms with Gasteiger partial charge in [-0.3, -0.25) is 0 Å². The van der Waals surface area contributed by atoms with Crippen molar-refractivity contribution in [2.75, 3.05) is 13.6 Å². The molecule has 0 atom stereocenters. The van der Waals surface area contributed by atoms with Crippen LogP contribution in [0.2, 0.25) is 0 Å². The third kappa shape index (κ3) is 3.73. The van der Waals surface area contributed by atoms with Gasteiger partial charge >= 0.3 is 0 Å². The highest BCUT2D eigenvalue weighted by Crippen LogP contribution is 2.15. The molecule has 0 heterocycles. The second kappa shape index (κ2) is 6.37. The fraction of sp³-hybridized carbons (Fsp3) is 0.467. The Kier molecular flexibility index (Phi) is 5.10. The summed E-state index contributed by atoms with van der Waals surface area (Å²) in [4.78, 5) is 2.20. The largest absolute Gasteiger partial charge is 0.381 e. The quantitative estimate of drug-likeness (QED) is 0.727. The van der Waals surface area contributed by atoms with Crippen molar-refractivity contribution in [2.45, 2.75) is 33.6 Å². The van der Waals surface area contributed by atoms with E-state index in [0.717, 1.165) is 19.4 Å². The van der Waals surface area contributed by atoms with Crippen molar-refractivity contribution in [3.8, 4) is 0 Å². The van der Waals surface area contributed by atoms with Gasteiger partial charge in [0.1, 0.15) is 0 Å². The van der Waals surface area contributed by atoms with Gasteiger partial charge in [-0.1, -0.05) is 24.3 Å². The Balaban J connectivity index is 2.52. The predicted molar refractivity (Wildman–Crippen MR) is 71.7 cm³/mol. The molecule has 0 amide bonds. The first kappa shape index (κ1) is 12.8. The van der Waals surface area contributed by atoms with Crippen molar-refractivity contribution in [3.63, 3.8) is 0 Å². The molecule has 0 aliphatic carbocycles. The topological polar surface area (TPSA) is 3.24 Å². The molecule has 0 N–H and O–H groups in total. The molecule has 0 aromatic heterocycles. The Morgan fingerprint density at radius 3 is 2.38 bits per heavy atom. The van der Waals surface area contributed by atoms with Crippen LogP contribution in [0.5, 0.6) is 0 Å². The van der Waals surface area contributed by atoms with E-state index in [1.54, 1.807) is 0 Å². The first-order valence-electron chi connectivity index (χ1n) is 6.07. The second-order valence-corrected chi connectivity index (χ2v) is 4.37. The number of benzene rings is 1. The van der Waals surface area contributed by atoms with Gasteiger partial charge in [-0.25, -0.2) is 0 Å². The number of allylic oxidation sites excluding steroid dienone is 1. The van der Waals surface area contributed by atoms with E-state index in [0.29, 0.717) is 0 Å². The van der Waals surface area contributed by atoms with Crippen molar-refractivity contribution in [1.82, 2.24) is 4.90 Å². The molecule has 0 fully saturated rings. The summed E-state index contributed by atoms with van der Waals surface area (Å²) in [6.07, 6.45) is 6.70. The molecule has 0 aliphatic heterocycles. The molecule has 1 heteroatoms. The summed E-state index contributed by atoms with van der Waals surface area (Å²) in [7, 11) is 2.11. The third-order valence-electron chi connectivity index (χ3n) is 3.06. The maximum absolute atomic E-state index is 2.26. The number of hydrogen-bond acceptors (Lipinski definition) is 1. The fourth-order valence-corrected chi connectivity index (χ4v) is 1.83. The molecular weight excluding hydrogens is 194 g/mol. The Morgan fingerprint density at radius 2 is 1.81 bits per heavy atom. The smallest absolute Gasteiger partial charge is 0.0140 e. The minimum Gasteiger partial charge on any atom is -0.381 e. The molecule has 1 aromatic rings. The maximum atomic E-state index is 2.26. The second-order valence-electron chi connectivity index (χ2n) is 4.37. The van der Waals surface area contributed by atoms with Crippen LogP contribution in [0.3, 0.4) is 0 Å². The van der Waals surface area contributed by atoms with Gasteiger partial charge in [0.2, 0.25) is 0 Å². The zero-order valence-corrected chi connectivity index (χ0v) is 11.0. The molecule has 0 bridgehead atoms. The van der Waals surface area contributed by atoms with Gasteiger partial charge in [-0.05, 0) is 56.5 Å². The average molecular weight is 217 g/mol. The summed E-state index contributed by atoms with van der Waals surface area (Å²) in [5, 5.41) is 0. The number of nitrogens with zero attached hydrogens (tertiary/aromatic N) is 1. The van der Waals surface area contributed by atoms with Crippen LogP contribution in [-0.2, 0) is 6.42 Å². The summed E-state index contributed by atoms with van der Waals surface area (Å²) in [5.74, 6) is 0. The molecule has 0 saturated carbocycles. The van der Waals surface area contributed by atoms with Crippen LogP contribution >= 0.6 is 0 Å². The minimum absolute atomic E-state index is 1.07. The Bertz CT molecular complexity index is 332. The molecule has 0 spiro atoms. The molecule has 16 heavy (non-hydrogen) atoms. The molecule has 0 radical (unpaired) electrons. The van der Waals surface area contributed by atoms with Gasteiger partial charge in [0.15, 0.2) is 0 Å². The maximum Gasteiger partial charge on any atom is 0.0140 e. The summed E-state index contributed by atoms with van der Waals surface area (Å²) in [6.45, 7) is 7.63. The van der Waals surface area contributed by atoms with Crippen LogP contribution in [0.15, 0.2) is 30.5 Å². The molecular formula is C15H23N. The van der Waals surface area contributed by atoms with E-state index < -0.39 is 0 Å². The van der Waals surface area contributed by atoms with Gasteiger partial charge < -0.3 is 4.90 Å². The van der Waals surface area contributed by atoms with Gasteiger partial charge in [0.25, 0.3) is 0 Å². The van der Waals surface area contributed by atoms with Crippen molar-refractivity contribution >= 4 is 0 Å². The molecule has 0 saturated heterocycles. The first-order chi connectivity index (χ1) is 7.65. The van der Waals surface area contributed by atoms with Crippen molar-refractivity contribution < 1.29 is 0 Å². The SMILES string of the molecule is CCN(C)/C=C/CCc1c(C)cccc1C. The Hall–Kier alpha value is -1.24. The minimum atomic E-state index is 1.07. The van der Waals surface area contributed by atoms with E-state index in [4.69, 9.17) is 0 Å². The van der Waals surface area contributed by atoms with Crippen LogP contribution in [0.4, 0.5) is 0 Å². The van der Waals surface area contributed by atoms with Crippen molar-refractivity contribution in [3.05, 3.63) is 47.2 Å². The third-order valence-corrected chi connectivity index (χ3v) is 3.06. The monoisotopic (exact) mass is 217 g/mol. The summed E-state index contributed by atoms with van der Waals surface area (Å²) in [6, 6.07) is 6.53. The van der Waals surface area contributed by atoms with E-state index in [-0.39, 0.29) is 0 Å². The lowest BCUT2D eigenvalue weighted by Gasteiger charge is -2.10. The van der Waals surface area contributed by atoms with Crippen LogP contribution in [-0.4, -0.2) is 18.5 Å². The number of hydrogen-bond donors (Lipinski definition) is 0. The zero-order chi connectivity index (χ0) is 12.0. The summed E-state index contributed by atoms with van der Waals surface area (Å²) in [5.41, 5.74) is 4.33. The Morgan fingerprint density at radius 1 is 1.19 bits per heavy atom. The summed E-state index contributed by atoms with van der Waals surface area (Å²) >= 11 is 0. The highest BCUT2D eigenvalue weighted by Gasteiger charge is 1.99. The van der Waals surface area contributed by atoms with Crippen molar-refractivity contribution in [2.24, 2.45) is 0 Å². The molecule has 1 nitrogen and oxygen atoms in total. The van der Waals surface area contributed by atoms with Gasteiger partial charge in [-0.15, -0.1) is 0 Å². The van der Waals surface area contributed by atoms with Gasteiger partial charge in [0.05, 0.1) is 0 Å². The average Bonchev–Trinajstić information content (AvgIpc) is 2.27. The standard InChI is InChI=1S/C15H23N/c1-5-16(4)12-7-6-11-15-13(2)9-8-10-14(15)3/h7-10,12H,5-6,11H2,1-4H3/b12-7+. The van der Waals surface area contributed by atoms with E-state index in [2.05, 4.69) is 63.2 Å². The highest BCUT2D eigenvalue weighted by atomic mass is 15.1. The van der Waals surface area contributed by atoms with E-state index in [9.17, 15) is 0 Å². The molecule has 1 rings (SSSR count). The zero-order valence-electron chi connectivity index (χ0n) is 11.0. The van der Waals surface area contributed by atoms with E-state index in [1.807, 2.05) is 0 Å². The van der Waals surface area contributed by atoms with Crippen LogP contribution in [0.1, 0.15) is 30.0 Å². The van der Waals surface area contributed by atoms with E-state index >= 15 is 0 Å². The van der Waals surface area contributed by atoms with Crippen LogP contribution in [0.25, 0.3) is 0 Å². The lowest BCUT2D eigenvalue weighted by atomic mass is 9.99. The lowest BCUT2D eigenvalue weighted by molar-refractivity contribution is 0.482. The normalized spacial score (nSPS) is 11.0. The first-order valence-corrected chi connectivity index (χ1v) is 6.07. The van der Waals surface area contributed by atoms with Crippen LogP contribution < -0.4 is 0 Å². The van der Waals surface area contributed by atoms with Gasteiger partial charge in [0, 0.05) is 13.6 Å². The van der Waals surface area contributed by atoms with E-state index in [1.165, 1.54) is 16.7 Å². The fourth-order valence-electron chi connectivity index (χ4n) is 1.83. The molecule has 0 aliphatic rings. The number of aryl methyl sites for hydroxylation is 2. The highest BCUT2D eigenvalue weighted by molar-refractivity contribution is 5.33. The number of rotatable bonds is 5. The lowest BCUT2D eigenvalue weighted by Crippen LogP contribution is -2.08. The van der Waals surface area contributed by atoms with Crippen LogP contribution in [0, 0.1) is 13.8 Å². The molecule has 0 unspecified atom stereocenters.